The molecule has 3 nitrogen and oxygen atoms in total. The maximum Gasteiger partial charge on any atom is 0.202 e. The van der Waals surface area contributed by atoms with E-state index in [-0.39, 0.29) is 5.73 Å². The third kappa shape index (κ3) is 9.66. The van der Waals surface area contributed by atoms with Gasteiger partial charge in [-0.3, -0.25) is 0 Å². The summed E-state index contributed by atoms with van der Waals surface area (Å²) in [5, 5.41) is 0. The Kier molecular flexibility index (Phi) is 9.58. The minimum Gasteiger partial charge on any atom is -0.454 e. The Labute approximate surface area is 127 Å². The van der Waals surface area contributed by atoms with Gasteiger partial charge in [0.2, 0.25) is 8.32 Å². The number of hydrogen-bond acceptors (Lipinski definition) is 3. The quantitative estimate of drug-likeness (QED) is 0.328. The van der Waals surface area contributed by atoms with Crippen molar-refractivity contribution in [1.29, 1.82) is 0 Å². The molecule has 1 atom stereocenters. The molecule has 1 radical (unpaired) electrons. The van der Waals surface area contributed by atoms with Crippen molar-refractivity contribution < 1.29 is 13.6 Å². The summed E-state index contributed by atoms with van der Waals surface area (Å²) in [6.07, 6.45) is 0.870. The van der Waals surface area contributed by atoms with Gasteiger partial charge in [-0.15, -0.1) is 0 Å². The van der Waals surface area contributed by atoms with Crippen molar-refractivity contribution in [2.24, 2.45) is 0 Å². The Morgan fingerprint density at radius 2 is 1.65 bits per heavy atom. The molecule has 0 amide bonds. The molecule has 117 valence electrons. The predicted molar refractivity (Wildman–Crippen MR) is 90.9 cm³/mol. The molecule has 0 rings (SSSR count). The third-order valence-electron chi connectivity index (χ3n) is 2.65. The molecule has 0 heterocycles. The number of rotatable bonds is 11. The van der Waals surface area contributed by atoms with Crippen LogP contribution in [-0.2, 0) is 13.6 Å². The van der Waals surface area contributed by atoms with Crippen molar-refractivity contribution in [3.05, 3.63) is 24.3 Å². The first-order valence-electron chi connectivity index (χ1n) is 7.12. The molecule has 0 aliphatic carbocycles. The summed E-state index contributed by atoms with van der Waals surface area (Å²) >= 11 is 0. The van der Waals surface area contributed by atoms with Gasteiger partial charge < -0.3 is 13.6 Å². The van der Waals surface area contributed by atoms with Gasteiger partial charge in [-0.25, -0.2) is 0 Å². The normalized spacial score (nSPS) is 13.6. The van der Waals surface area contributed by atoms with Crippen LogP contribution in [-0.4, -0.2) is 42.9 Å². The van der Waals surface area contributed by atoms with Crippen molar-refractivity contribution >= 4 is 17.4 Å². The molecule has 1 unspecified atom stereocenters. The second-order valence-corrected chi connectivity index (χ2v) is 12.7. The van der Waals surface area contributed by atoms with Crippen LogP contribution in [0.4, 0.5) is 0 Å². The Bertz CT molecular complexity index is 314. The Balaban J connectivity index is 4.46. The van der Waals surface area contributed by atoms with E-state index in [0.29, 0.717) is 19.8 Å². The van der Waals surface area contributed by atoms with Gasteiger partial charge in [0.05, 0.1) is 18.9 Å². The van der Waals surface area contributed by atoms with Crippen molar-refractivity contribution in [2.45, 2.75) is 52.2 Å². The van der Waals surface area contributed by atoms with Crippen LogP contribution in [0.5, 0.6) is 0 Å². The second kappa shape index (κ2) is 9.68. The summed E-state index contributed by atoms with van der Waals surface area (Å²) < 4.78 is 17.9. The lowest BCUT2D eigenvalue weighted by Gasteiger charge is -2.34. The lowest BCUT2D eigenvalue weighted by atomic mass is 10.4. The van der Waals surface area contributed by atoms with E-state index in [1.54, 1.807) is 0 Å². The zero-order valence-corrected chi connectivity index (χ0v) is 16.0. The molecule has 0 aliphatic rings. The van der Waals surface area contributed by atoms with E-state index in [9.17, 15) is 0 Å². The zero-order chi connectivity index (χ0) is 15.8. The standard InChI is InChI=1S/C15H31O3Si2/c1-13(2)11-16-10-9-15(17-12-14(3)4)20(7,8)18-19(5)6/h15H,1,3,9-12H2,2,4-8H3. The van der Waals surface area contributed by atoms with Crippen LogP contribution in [0.2, 0.25) is 26.2 Å². The van der Waals surface area contributed by atoms with E-state index in [1.165, 1.54) is 0 Å². The van der Waals surface area contributed by atoms with Gasteiger partial charge >= 0.3 is 0 Å². The molecular weight excluding hydrogens is 284 g/mol. The summed E-state index contributed by atoms with van der Waals surface area (Å²) in [6.45, 7) is 22.4. The van der Waals surface area contributed by atoms with Crippen LogP contribution in [0.15, 0.2) is 24.3 Å². The van der Waals surface area contributed by atoms with E-state index < -0.39 is 17.4 Å². The maximum atomic E-state index is 6.22. The topological polar surface area (TPSA) is 27.7 Å². The van der Waals surface area contributed by atoms with Crippen molar-refractivity contribution in [3.63, 3.8) is 0 Å². The van der Waals surface area contributed by atoms with Crippen LogP contribution < -0.4 is 0 Å². The lowest BCUT2D eigenvalue weighted by Crippen LogP contribution is -2.49. The molecule has 0 aliphatic heterocycles. The molecule has 0 saturated heterocycles. The highest BCUT2D eigenvalue weighted by atomic mass is 28.4. The van der Waals surface area contributed by atoms with Crippen LogP contribution >= 0.6 is 0 Å². The van der Waals surface area contributed by atoms with Crippen LogP contribution in [0.1, 0.15) is 20.3 Å². The van der Waals surface area contributed by atoms with Gasteiger partial charge in [0.15, 0.2) is 9.04 Å². The highest BCUT2D eigenvalue weighted by Gasteiger charge is 2.35. The molecule has 0 aromatic rings. The average molecular weight is 316 g/mol. The summed E-state index contributed by atoms with van der Waals surface area (Å²) in [7, 11) is -2.57. The van der Waals surface area contributed by atoms with E-state index in [1.807, 2.05) is 13.8 Å². The van der Waals surface area contributed by atoms with Crippen molar-refractivity contribution in [3.8, 4) is 0 Å². The summed E-state index contributed by atoms with van der Waals surface area (Å²) in [5.74, 6) is 0. The molecule has 5 heteroatoms. The highest BCUT2D eigenvalue weighted by Crippen LogP contribution is 2.19. The van der Waals surface area contributed by atoms with Gasteiger partial charge in [0.1, 0.15) is 0 Å². The van der Waals surface area contributed by atoms with Crippen molar-refractivity contribution in [2.75, 3.05) is 19.8 Å². The van der Waals surface area contributed by atoms with E-state index in [2.05, 4.69) is 39.3 Å². The molecule has 0 fully saturated rings. The Morgan fingerprint density at radius 3 is 2.10 bits per heavy atom. The van der Waals surface area contributed by atoms with Crippen LogP contribution in [0.3, 0.4) is 0 Å². The maximum absolute atomic E-state index is 6.22. The fourth-order valence-corrected chi connectivity index (χ4v) is 7.94. The smallest absolute Gasteiger partial charge is 0.202 e. The monoisotopic (exact) mass is 315 g/mol. The molecular formula is C15H31O3Si2. The minimum absolute atomic E-state index is 0.143. The second-order valence-electron chi connectivity index (χ2n) is 6.17. The average Bonchev–Trinajstić information content (AvgIpc) is 2.24. The summed E-state index contributed by atoms with van der Waals surface area (Å²) in [6, 6.07) is 0. The van der Waals surface area contributed by atoms with Gasteiger partial charge in [-0.1, -0.05) is 24.3 Å². The first-order chi connectivity index (χ1) is 9.15. The van der Waals surface area contributed by atoms with Crippen LogP contribution in [0.25, 0.3) is 0 Å². The first kappa shape index (κ1) is 19.8. The Hall–Kier alpha value is -0.206. The van der Waals surface area contributed by atoms with Gasteiger partial charge in [0.25, 0.3) is 0 Å². The minimum atomic E-state index is -1.86. The summed E-state index contributed by atoms with van der Waals surface area (Å²) in [4.78, 5) is 0. The largest absolute Gasteiger partial charge is 0.454 e. The molecule has 0 bridgehead atoms. The van der Waals surface area contributed by atoms with Crippen molar-refractivity contribution in [1.82, 2.24) is 0 Å². The predicted octanol–water partition coefficient (Wildman–Crippen LogP) is 3.94. The molecule has 0 aromatic heterocycles. The van der Waals surface area contributed by atoms with E-state index >= 15 is 0 Å². The fraction of sp³-hybridized carbons (Fsp3) is 0.733. The highest BCUT2D eigenvalue weighted by molar-refractivity contribution is 6.78. The zero-order valence-electron chi connectivity index (χ0n) is 14.0. The van der Waals surface area contributed by atoms with Gasteiger partial charge in [-0.2, -0.15) is 0 Å². The molecule has 0 saturated carbocycles. The van der Waals surface area contributed by atoms with E-state index in [0.717, 1.165) is 17.6 Å². The molecule has 0 N–H and O–H groups in total. The van der Waals surface area contributed by atoms with E-state index in [4.69, 9.17) is 13.6 Å². The molecule has 0 aromatic carbocycles. The molecule has 20 heavy (non-hydrogen) atoms. The van der Waals surface area contributed by atoms with Crippen LogP contribution in [0, 0.1) is 0 Å². The number of hydrogen-bond donors (Lipinski definition) is 0. The Morgan fingerprint density at radius 1 is 1.10 bits per heavy atom. The third-order valence-corrected chi connectivity index (χ3v) is 8.39. The molecule has 0 spiro atoms. The number of ether oxygens (including phenoxy) is 2. The fourth-order valence-electron chi connectivity index (χ4n) is 1.90. The van der Waals surface area contributed by atoms with Gasteiger partial charge in [0, 0.05) is 6.61 Å². The SMILES string of the molecule is C=C(C)COCCC(OCC(=C)C)[Si](C)(C)O[Si](C)C. The van der Waals surface area contributed by atoms with Gasteiger partial charge in [-0.05, 0) is 46.5 Å². The first-order valence-corrected chi connectivity index (χ1v) is 12.5. The summed E-state index contributed by atoms with van der Waals surface area (Å²) in [5.41, 5.74) is 2.23. The lowest BCUT2D eigenvalue weighted by molar-refractivity contribution is 0.0679.